The number of hydrogen-bond acceptors (Lipinski definition) is 8. The largest absolute Gasteiger partial charge is 0.494 e. The number of benzene rings is 2. The molecule has 2 fully saturated rings. The summed E-state index contributed by atoms with van der Waals surface area (Å²) in [5.41, 5.74) is 1.33. The fourth-order valence-electron chi connectivity index (χ4n) is 6.01. The molecule has 3 aromatic rings. The normalized spacial score (nSPS) is 19.4. The summed E-state index contributed by atoms with van der Waals surface area (Å²) in [5.74, 6) is -0.0842. The minimum Gasteiger partial charge on any atom is -0.494 e. The molecule has 0 N–H and O–H groups in total. The maximum atomic E-state index is 15.3. The molecule has 5 rings (SSSR count). The van der Waals surface area contributed by atoms with E-state index in [1.54, 1.807) is 24.1 Å². The number of methoxy groups -OCH3 is 1. The number of piperidine rings is 1. The maximum Gasteiger partial charge on any atom is 0.410 e. The van der Waals surface area contributed by atoms with E-state index in [2.05, 4.69) is 4.90 Å². The van der Waals surface area contributed by atoms with Crippen molar-refractivity contribution in [3.63, 3.8) is 0 Å². The summed E-state index contributed by atoms with van der Waals surface area (Å²) < 4.78 is 59.7. The van der Waals surface area contributed by atoms with Crippen molar-refractivity contribution in [1.29, 1.82) is 0 Å². The van der Waals surface area contributed by atoms with Crippen molar-refractivity contribution in [1.82, 2.24) is 14.8 Å². The van der Waals surface area contributed by atoms with E-state index in [4.69, 9.17) is 28.0 Å². The molecule has 1 aromatic heterocycles. The van der Waals surface area contributed by atoms with Crippen LogP contribution in [0.5, 0.6) is 11.5 Å². The van der Waals surface area contributed by atoms with Gasteiger partial charge in [0.1, 0.15) is 23.6 Å². The number of likely N-dealkylation sites (tertiary alicyclic amines) is 1. The Balaban J connectivity index is 1.38. The minimum absolute atomic E-state index is 0.191. The van der Waals surface area contributed by atoms with Crippen molar-refractivity contribution >= 4 is 28.8 Å². The zero-order valence-electron chi connectivity index (χ0n) is 31.3. The Morgan fingerprint density at radius 3 is 2.38 bits per heavy atom. The summed E-state index contributed by atoms with van der Waals surface area (Å²) in [7, 11) is -1.19. The van der Waals surface area contributed by atoms with Gasteiger partial charge in [-0.05, 0) is 96.2 Å². The second-order valence-electron chi connectivity index (χ2n) is 14.3. The van der Waals surface area contributed by atoms with Crippen LogP contribution in [0.15, 0.2) is 42.5 Å². The predicted octanol–water partition coefficient (Wildman–Crippen LogP) is 6.99. The molecule has 0 aliphatic carbocycles. The Morgan fingerprint density at radius 1 is 1.00 bits per heavy atom. The zero-order chi connectivity index (χ0) is 36.6. The Labute approximate surface area is 280 Å². The molecule has 47 heavy (non-hydrogen) atoms. The predicted molar refractivity (Wildman–Crippen MR) is 180 cm³/mol. The van der Waals surface area contributed by atoms with Gasteiger partial charge in [0, 0.05) is 55.9 Å². The molecule has 0 bridgehead atoms. The molecule has 2 unspecified atom stereocenters. The van der Waals surface area contributed by atoms with Crippen LogP contribution in [0.25, 0.3) is 22.2 Å². The molecule has 2 atom stereocenters. The third kappa shape index (κ3) is 8.36. The molecule has 3 heterocycles. The molecule has 11 heteroatoms. The molecule has 2 saturated heterocycles. The van der Waals surface area contributed by atoms with Gasteiger partial charge in [-0.2, -0.15) is 0 Å². The van der Waals surface area contributed by atoms with E-state index < -0.39 is 35.9 Å². The third-order valence-corrected chi connectivity index (χ3v) is 8.29. The van der Waals surface area contributed by atoms with Gasteiger partial charge >= 0.3 is 12.2 Å². The van der Waals surface area contributed by atoms with Crippen molar-refractivity contribution < 1.29 is 37.0 Å². The lowest BCUT2D eigenvalue weighted by Gasteiger charge is -2.35. The first-order valence-electron chi connectivity index (χ1n) is 17.5. The molecule has 254 valence electrons. The van der Waals surface area contributed by atoms with Gasteiger partial charge in [-0.3, -0.25) is 0 Å². The maximum absolute atomic E-state index is 15.3. The molecule has 0 radical (unpaired) electrons. The van der Waals surface area contributed by atoms with Crippen LogP contribution >= 0.6 is 0 Å². The van der Waals surface area contributed by atoms with Crippen LogP contribution in [0, 0.1) is 17.7 Å². The van der Waals surface area contributed by atoms with E-state index >= 15 is 4.39 Å². The number of carbonyl (C=O) groups is 2. The van der Waals surface area contributed by atoms with Crippen molar-refractivity contribution in [2.24, 2.45) is 11.8 Å². The number of ether oxygens (including phenoxy) is 4. The number of carbonyl (C=O) groups excluding carboxylic acids is 2. The summed E-state index contributed by atoms with van der Waals surface area (Å²) >= 11 is 0. The second kappa shape index (κ2) is 13.4. The molecule has 0 spiro atoms. The monoisotopic (exact) mass is 653 g/mol. The number of aromatic nitrogens is 1. The lowest BCUT2D eigenvalue weighted by atomic mass is 9.89. The van der Waals surface area contributed by atoms with Crippen LogP contribution in [0.2, 0.25) is 0 Å². The number of halogens is 1. The highest BCUT2D eigenvalue weighted by molar-refractivity contribution is 5.95. The fraction of sp³-hybridized carbons (Fsp3) is 0.528. The van der Waals surface area contributed by atoms with Crippen LogP contribution in [-0.2, 0) is 9.47 Å². The van der Waals surface area contributed by atoms with Crippen LogP contribution in [-0.4, -0.2) is 91.6 Å². The summed E-state index contributed by atoms with van der Waals surface area (Å²) in [4.78, 5) is 35.3. The molecule has 0 saturated carbocycles. The first kappa shape index (κ1) is 30.1. The quantitative estimate of drug-likeness (QED) is 0.270. The average Bonchev–Trinajstić information content (AvgIpc) is 3.42. The first-order valence-corrected chi connectivity index (χ1v) is 16.0. The molecular weight excluding hydrogens is 603 g/mol. The van der Waals surface area contributed by atoms with E-state index in [0.29, 0.717) is 61.0 Å². The molecular formula is C36H47FN4O6. The second-order valence-corrected chi connectivity index (χ2v) is 14.3. The van der Waals surface area contributed by atoms with Gasteiger partial charge in [0.05, 0.1) is 28.9 Å². The van der Waals surface area contributed by atoms with E-state index in [0.717, 1.165) is 17.7 Å². The van der Waals surface area contributed by atoms with Gasteiger partial charge in [0.25, 0.3) is 0 Å². The van der Waals surface area contributed by atoms with E-state index in [1.165, 1.54) is 17.0 Å². The summed E-state index contributed by atoms with van der Waals surface area (Å²) in [6.07, 6.45) is 0.0629. The van der Waals surface area contributed by atoms with E-state index in [1.807, 2.05) is 59.7 Å². The van der Waals surface area contributed by atoms with Gasteiger partial charge < -0.3 is 33.6 Å². The minimum atomic E-state index is -2.84. The summed E-state index contributed by atoms with van der Waals surface area (Å²) in [6, 6.07) is 11.8. The number of rotatable bonds is 7. The van der Waals surface area contributed by atoms with Crippen molar-refractivity contribution in [2.75, 3.05) is 58.3 Å². The highest BCUT2D eigenvalue weighted by Gasteiger charge is 2.40. The first-order chi connectivity index (χ1) is 23.2. The summed E-state index contributed by atoms with van der Waals surface area (Å²) in [5, 5.41) is 0.529. The third-order valence-electron chi connectivity index (χ3n) is 8.29. The van der Waals surface area contributed by atoms with Crippen LogP contribution in [0.3, 0.4) is 0 Å². The Morgan fingerprint density at radius 2 is 1.70 bits per heavy atom. The molecule has 2 aliphatic rings. The Kier molecular flexibility index (Phi) is 8.61. The Bertz CT molecular complexity index is 1710. The molecule has 2 amide bonds. The lowest BCUT2D eigenvalue weighted by molar-refractivity contribution is 0.0139. The molecule has 2 aromatic carbocycles. The smallest absolute Gasteiger partial charge is 0.410 e. The number of likely N-dealkylation sites (N-methyl/N-ethyl adjacent to an activating group) is 1. The number of anilines is 1. The number of amides is 2. The number of fused-ring (bicyclic) bond motifs is 2. The summed E-state index contributed by atoms with van der Waals surface area (Å²) in [6.45, 7) is 14.1. The van der Waals surface area contributed by atoms with Crippen molar-refractivity contribution in [3.05, 3.63) is 48.3 Å². The fourth-order valence-corrected chi connectivity index (χ4v) is 6.01. The standard InChI is InChI=1S/C36H47FN4O6/c1-35(2,3)46-33(42)39(7)15-16-45-26-11-9-23(10-12-26)29-18-31(27-17-28(37)32(44-8)19-30(27)38-29)41-20-24-13-14-40(21-25(24)22-41)34(43)47-36(4,5)6/h9-12,17-19,24-25H,13-16,20-22H2,1-8H3/i8D3. The van der Waals surface area contributed by atoms with Crippen LogP contribution in [0.4, 0.5) is 19.7 Å². The van der Waals surface area contributed by atoms with Gasteiger partial charge in [-0.1, -0.05) is 0 Å². The average molecular weight is 654 g/mol. The Hall–Kier alpha value is -4.28. The van der Waals surface area contributed by atoms with Gasteiger partial charge in [-0.15, -0.1) is 0 Å². The number of pyridine rings is 1. The lowest BCUT2D eigenvalue weighted by Crippen LogP contribution is -2.45. The van der Waals surface area contributed by atoms with Crippen LogP contribution in [0.1, 0.15) is 52.1 Å². The SMILES string of the molecule is [2H]C([2H])([2H])Oc1cc2nc(-c3ccc(OCCN(C)C(=O)OC(C)(C)C)cc3)cc(N3CC4CCN(C(=O)OC(C)(C)C)CC4C3)c2cc1F. The topological polar surface area (TPSA) is 93.7 Å². The number of hydrogen-bond donors (Lipinski definition) is 0. The van der Waals surface area contributed by atoms with E-state index in [9.17, 15) is 9.59 Å². The van der Waals surface area contributed by atoms with Gasteiger partial charge in [0.15, 0.2) is 11.6 Å². The zero-order valence-corrected chi connectivity index (χ0v) is 28.3. The van der Waals surface area contributed by atoms with Gasteiger partial charge in [0.2, 0.25) is 0 Å². The highest BCUT2D eigenvalue weighted by atomic mass is 19.1. The molecule has 2 aliphatic heterocycles. The van der Waals surface area contributed by atoms with Crippen molar-refractivity contribution in [2.45, 2.75) is 59.2 Å². The molecule has 10 nitrogen and oxygen atoms in total. The van der Waals surface area contributed by atoms with E-state index in [-0.39, 0.29) is 18.6 Å². The van der Waals surface area contributed by atoms with Crippen LogP contribution < -0.4 is 14.4 Å². The highest BCUT2D eigenvalue weighted by Crippen LogP contribution is 2.40. The van der Waals surface area contributed by atoms with Crippen molar-refractivity contribution in [3.8, 4) is 22.8 Å². The number of nitrogens with zero attached hydrogens (tertiary/aromatic N) is 4. The van der Waals surface area contributed by atoms with Gasteiger partial charge in [-0.25, -0.2) is 19.0 Å².